The number of carbonyl (C=O) groups is 2. The fraction of sp³-hybridized carbons (Fsp3) is 0.242. The van der Waals surface area contributed by atoms with Gasteiger partial charge in [0.2, 0.25) is 0 Å². The van der Waals surface area contributed by atoms with E-state index >= 15 is 0 Å². The molecule has 6 rings (SSSR count). The number of fused-ring (bicyclic) bond motifs is 2. The van der Waals surface area contributed by atoms with E-state index < -0.39 is 17.7 Å². The molecule has 214 valence electrons. The zero-order chi connectivity index (χ0) is 29.5. The van der Waals surface area contributed by atoms with Crippen LogP contribution in [0.5, 0.6) is 17.2 Å². The molecule has 8 nitrogen and oxygen atoms in total. The Bertz CT molecular complexity index is 1770. The molecule has 1 saturated heterocycles. The molecule has 2 aliphatic heterocycles. The van der Waals surface area contributed by atoms with E-state index in [0.29, 0.717) is 40.8 Å². The van der Waals surface area contributed by atoms with Crippen LogP contribution < -0.4 is 19.1 Å². The van der Waals surface area contributed by atoms with E-state index in [0.717, 1.165) is 27.1 Å². The third-order valence-electron chi connectivity index (χ3n) is 7.29. The molecule has 1 N–H and O–H groups in total. The maximum absolute atomic E-state index is 13.7. The zero-order valence-electron chi connectivity index (χ0n) is 23.5. The average molecular weight is 583 g/mol. The molecule has 0 spiro atoms. The first kappa shape index (κ1) is 27.5. The summed E-state index contributed by atoms with van der Waals surface area (Å²) in [6.45, 7) is 10.2. The minimum atomic E-state index is -0.956. The lowest BCUT2D eigenvalue weighted by Gasteiger charge is -2.24. The van der Waals surface area contributed by atoms with Crippen molar-refractivity contribution in [3.63, 3.8) is 0 Å². The Morgan fingerprint density at radius 2 is 1.98 bits per heavy atom. The van der Waals surface area contributed by atoms with Crippen LogP contribution in [0, 0.1) is 6.92 Å². The molecule has 1 amide bonds. The quantitative estimate of drug-likeness (QED) is 0.109. The summed E-state index contributed by atoms with van der Waals surface area (Å²) in [6.07, 6.45) is 2.34. The first-order valence-corrected chi connectivity index (χ1v) is 14.6. The average Bonchev–Trinajstić information content (AvgIpc) is 3.63. The molecule has 0 saturated carbocycles. The summed E-state index contributed by atoms with van der Waals surface area (Å²) in [5.41, 5.74) is 3.69. The molecule has 3 aromatic carbocycles. The molecular formula is C33H30N2O6S. The number of Topliss-reactive ketones (excluding diaryl/α,β-unsaturated/α-hetero) is 1. The Morgan fingerprint density at radius 1 is 1.14 bits per heavy atom. The topological polar surface area (TPSA) is 98.2 Å². The first-order valence-electron chi connectivity index (χ1n) is 13.8. The van der Waals surface area contributed by atoms with Gasteiger partial charge in [-0.15, -0.1) is 0 Å². The van der Waals surface area contributed by atoms with Gasteiger partial charge < -0.3 is 19.3 Å². The van der Waals surface area contributed by atoms with Gasteiger partial charge in [-0.05, 0) is 79.9 Å². The van der Waals surface area contributed by atoms with Crippen LogP contribution >= 0.6 is 11.3 Å². The molecule has 1 fully saturated rings. The summed E-state index contributed by atoms with van der Waals surface area (Å²) in [5.74, 6) is -0.113. The monoisotopic (exact) mass is 582 g/mol. The number of benzene rings is 3. The number of hydrogen-bond acceptors (Lipinski definition) is 8. The van der Waals surface area contributed by atoms with Crippen LogP contribution in [0.2, 0.25) is 0 Å². The normalized spacial score (nSPS) is 19.2. The number of thiazole rings is 1. The van der Waals surface area contributed by atoms with Crippen LogP contribution in [0.4, 0.5) is 5.13 Å². The molecule has 2 aliphatic rings. The first-order chi connectivity index (χ1) is 20.3. The Labute approximate surface area is 247 Å². The van der Waals surface area contributed by atoms with Crippen LogP contribution in [-0.2, 0) is 16.0 Å². The van der Waals surface area contributed by atoms with Gasteiger partial charge in [-0.3, -0.25) is 14.5 Å². The van der Waals surface area contributed by atoms with Crippen LogP contribution in [0.3, 0.4) is 0 Å². The van der Waals surface area contributed by atoms with Gasteiger partial charge in [-0.25, -0.2) is 4.98 Å². The molecule has 0 aliphatic carbocycles. The molecule has 0 unspecified atom stereocenters. The highest BCUT2D eigenvalue weighted by Crippen LogP contribution is 2.46. The van der Waals surface area contributed by atoms with E-state index in [1.165, 1.54) is 16.2 Å². The van der Waals surface area contributed by atoms with Gasteiger partial charge in [0.15, 0.2) is 16.6 Å². The van der Waals surface area contributed by atoms with Crippen molar-refractivity contribution >= 4 is 44.1 Å². The SMILES string of the molecule is C=CCOc1ccc([C@@H]2C(=C(O)c3ccc4c(c3)C[C@@H](C)O4)C(=O)C(=O)N2c2nc3ccc(C)cc3s2)cc1OCC. The lowest BCUT2D eigenvalue weighted by Crippen LogP contribution is -2.29. The number of anilines is 1. The van der Waals surface area contributed by atoms with Crippen molar-refractivity contribution in [2.75, 3.05) is 18.1 Å². The van der Waals surface area contributed by atoms with E-state index in [-0.39, 0.29) is 24.0 Å². The van der Waals surface area contributed by atoms with Crippen LogP contribution in [0.15, 0.2) is 72.8 Å². The summed E-state index contributed by atoms with van der Waals surface area (Å²) in [7, 11) is 0. The number of ether oxygens (including phenoxy) is 3. The van der Waals surface area contributed by atoms with Gasteiger partial charge in [0, 0.05) is 12.0 Å². The lowest BCUT2D eigenvalue weighted by atomic mass is 9.94. The number of hydrogen-bond donors (Lipinski definition) is 1. The molecular weight excluding hydrogens is 552 g/mol. The molecule has 0 bridgehead atoms. The van der Waals surface area contributed by atoms with E-state index in [4.69, 9.17) is 19.2 Å². The van der Waals surface area contributed by atoms with Gasteiger partial charge in [0.05, 0.1) is 28.4 Å². The van der Waals surface area contributed by atoms with Crippen molar-refractivity contribution < 1.29 is 28.9 Å². The number of carbonyl (C=O) groups excluding carboxylic acids is 2. The predicted octanol–water partition coefficient (Wildman–Crippen LogP) is 6.52. The van der Waals surface area contributed by atoms with Gasteiger partial charge in [-0.1, -0.05) is 36.1 Å². The van der Waals surface area contributed by atoms with Gasteiger partial charge in [-0.2, -0.15) is 0 Å². The number of rotatable bonds is 8. The fourth-order valence-corrected chi connectivity index (χ4v) is 6.51. The Balaban J connectivity index is 1.54. The van der Waals surface area contributed by atoms with Gasteiger partial charge >= 0.3 is 5.91 Å². The van der Waals surface area contributed by atoms with Crippen molar-refractivity contribution in [2.24, 2.45) is 0 Å². The number of aromatic nitrogens is 1. The van der Waals surface area contributed by atoms with E-state index in [1.54, 1.807) is 36.4 Å². The smallest absolute Gasteiger partial charge is 0.301 e. The number of aryl methyl sites for hydroxylation is 1. The number of aliphatic hydroxyl groups excluding tert-OH is 1. The second kappa shape index (κ2) is 11.0. The summed E-state index contributed by atoms with van der Waals surface area (Å²) in [4.78, 5) is 33.6. The van der Waals surface area contributed by atoms with E-state index in [1.807, 2.05) is 45.0 Å². The van der Waals surface area contributed by atoms with Gasteiger partial charge in [0.1, 0.15) is 24.2 Å². The van der Waals surface area contributed by atoms with Gasteiger partial charge in [0.25, 0.3) is 5.78 Å². The van der Waals surface area contributed by atoms with Crippen LogP contribution in [0.25, 0.3) is 16.0 Å². The van der Waals surface area contributed by atoms with Crippen molar-refractivity contribution in [1.29, 1.82) is 0 Å². The fourth-order valence-electron chi connectivity index (χ4n) is 5.42. The van der Waals surface area contributed by atoms with E-state index in [2.05, 4.69) is 6.58 Å². The Hall–Kier alpha value is -4.63. The number of aliphatic hydroxyl groups is 1. The van der Waals surface area contributed by atoms with Crippen LogP contribution in [0.1, 0.15) is 42.1 Å². The molecule has 4 aromatic rings. The number of nitrogens with zero attached hydrogens (tertiary/aromatic N) is 2. The lowest BCUT2D eigenvalue weighted by molar-refractivity contribution is -0.132. The summed E-state index contributed by atoms with van der Waals surface area (Å²) < 4.78 is 18.4. The molecule has 0 radical (unpaired) electrons. The Kier molecular flexibility index (Phi) is 7.20. The third kappa shape index (κ3) is 4.79. The molecule has 9 heteroatoms. The maximum Gasteiger partial charge on any atom is 0.301 e. The molecule has 1 aromatic heterocycles. The predicted molar refractivity (Wildman–Crippen MR) is 163 cm³/mol. The minimum Gasteiger partial charge on any atom is -0.507 e. The second-order valence-electron chi connectivity index (χ2n) is 10.3. The highest BCUT2D eigenvalue weighted by molar-refractivity contribution is 7.22. The summed E-state index contributed by atoms with van der Waals surface area (Å²) in [6, 6.07) is 15.4. The Morgan fingerprint density at radius 3 is 2.76 bits per heavy atom. The molecule has 2 atom stereocenters. The molecule has 3 heterocycles. The maximum atomic E-state index is 13.7. The van der Waals surface area contributed by atoms with Crippen molar-refractivity contribution in [2.45, 2.75) is 39.3 Å². The molecule has 42 heavy (non-hydrogen) atoms. The van der Waals surface area contributed by atoms with Crippen molar-refractivity contribution in [1.82, 2.24) is 4.98 Å². The van der Waals surface area contributed by atoms with Crippen molar-refractivity contribution in [3.8, 4) is 17.2 Å². The second-order valence-corrected chi connectivity index (χ2v) is 11.3. The largest absolute Gasteiger partial charge is 0.507 e. The van der Waals surface area contributed by atoms with Crippen molar-refractivity contribution in [3.05, 3.63) is 95.1 Å². The summed E-state index contributed by atoms with van der Waals surface area (Å²) >= 11 is 1.32. The third-order valence-corrected chi connectivity index (χ3v) is 8.31. The highest BCUT2D eigenvalue weighted by Gasteiger charge is 2.48. The standard InChI is InChI=1S/C33H30N2O6S/c1-5-13-40-25-12-8-20(17-26(25)39-6-2)29-28(30(36)21-9-11-24-22(16-21)15-19(4)41-24)31(37)32(38)35(29)33-34-23-10-7-18(3)14-27(23)42-33/h5,7-12,14,16-17,19,29,36H,1,6,13,15H2,2-4H3/t19-,29-/m1/s1. The highest BCUT2D eigenvalue weighted by atomic mass is 32.1. The van der Waals surface area contributed by atoms with E-state index in [9.17, 15) is 14.7 Å². The summed E-state index contributed by atoms with van der Waals surface area (Å²) in [5, 5.41) is 12.0. The zero-order valence-corrected chi connectivity index (χ0v) is 24.4. The van der Waals surface area contributed by atoms with Crippen LogP contribution in [-0.4, -0.2) is 41.1 Å². The number of amides is 1. The number of ketones is 1. The minimum absolute atomic E-state index is 0.0180.